The van der Waals surface area contributed by atoms with Gasteiger partial charge in [0.15, 0.2) is 0 Å². The molecule has 2 heteroatoms. The molecule has 1 aromatic rings. The van der Waals surface area contributed by atoms with E-state index in [-0.39, 0.29) is 0 Å². The molecule has 8 heavy (non-hydrogen) atoms. The maximum atomic E-state index is 5.07. The number of halogens is 1. The van der Waals surface area contributed by atoms with Crippen LogP contribution in [-0.2, 0) is 6.42 Å². The molecule has 0 fully saturated rings. The Morgan fingerprint density at radius 1 is 1.62 bits per heavy atom. The van der Waals surface area contributed by atoms with Crippen LogP contribution in [-0.4, -0.2) is 4.43 Å². The van der Waals surface area contributed by atoms with Crippen molar-refractivity contribution in [1.82, 2.24) is 0 Å². The fraction of sp³-hybridized carbons (Fsp3) is 0.333. The maximum absolute atomic E-state index is 5.07. The molecule has 0 saturated heterocycles. The van der Waals surface area contributed by atoms with Gasteiger partial charge < -0.3 is 4.42 Å². The Balaban J connectivity index is 2.50. The lowest BCUT2D eigenvalue weighted by Gasteiger charge is -1.84. The summed E-state index contributed by atoms with van der Waals surface area (Å²) in [6.07, 6.45) is 2.76. The van der Waals surface area contributed by atoms with Crippen LogP contribution in [0.15, 0.2) is 22.8 Å². The molecule has 0 atom stereocenters. The van der Waals surface area contributed by atoms with Crippen LogP contribution in [0.5, 0.6) is 0 Å². The van der Waals surface area contributed by atoms with Crippen LogP contribution in [0.4, 0.5) is 0 Å². The van der Waals surface area contributed by atoms with Gasteiger partial charge in [-0.05, 0) is 12.1 Å². The largest absolute Gasteiger partial charge is 0.469 e. The van der Waals surface area contributed by atoms with E-state index in [2.05, 4.69) is 22.6 Å². The van der Waals surface area contributed by atoms with Gasteiger partial charge in [0.2, 0.25) is 0 Å². The molecular weight excluding hydrogens is 215 g/mol. The van der Waals surface area contributed by atoms with Crippen LogP contribution < -0.4 is 0 Å². The second-order valence-electron chi connectivity index (χ2n) is 1.52. The van der Waals surface area contributed by atoms with E-state index in [0.29, 0.717) is 0 Å². The molecule has 1 aromatic heterocycles. The second-order valence-corrected chi connectivity index (χ2v) is 2.60. The molecule has 1 heterocycles. The van der Waals surface area contributed by atoms with Gasteiger partial charge in [0.05, 0.1) is 6.26 Å². The third-order valence-electron chi connectivity index (χ3n) is 0.921. The molecule has 0 amide bonds. The van der Waals surface area contributed by atoms with Gasteiger partial charge in [-0.3, -0.25) is 0 Å². The summed E-state index contributed by atoms with van der Waals surface area (Å²) in [6, 6.07) is 3.92. The third-order valence-corrected chi connectivity index (χ3v) is 1.46. The Labute approximate surface area is 62.2 Å². The normalized spacial score (nSPS) is 9.62. The molecule has 0 radical (unpaired) electrons. The summed E-state index contributed by atoms with van der Waals surface area (Å²) in [5.74, 6) is 1.08. The molecule has 0 aliphatic rings. The fourth-order valence-corrected chi connectivity index (χ4v) is 1.08. The Kier molecular flexibility index (Phi) is 2.39. The minimum atomic E-state index is 1.05. The zero-order chi connectivity index (χ0) is 5.82. The zero-order valence-corrected chi connectivity index (χ0v) is 6.59. The first kappa shape index (κ1) is 6.13. The van der Waals surface area contributed by atoms with Gasteiger partial charge in [-0.2, -0.15) is 0 Å². The van der Waals surface area contributed by atoms with E-state index in [1.165, 1.54) is 0 Å². The molecule has 1 rings (SSSR count). The first-order valence-corrected chi connectivity index (χ1v) is 4.04. The molecule has 0 bridgehead atoms. The molecule has 0 aliphatic carbocycles. The number of rotatable bonds is 2. The van der Waals surface area contributed by atoms with Gasteiger partial charge in [-0.25, -0.2) is 0 Å². The molecule has 1 nitrogen and oxygen atoms in total. The van der Waals surface area contributed by atoms with Gasteiger partial charge in [0.25, 0.3) is 0 Å². The van der Waals surface area contributed by atoms with Crippen LogP contribution in [0.25, 0.3) is 0 Å². The molecule has 0 saturated carbocycles. The van der Waals surface area contributed by atoms with Crippen LogP contribution in [0.1, 0.15) is 5.76 Å². The van der Waals surface area contributed by atoms with Crippen molar-refractivity contribution in [2.24, 2.45) is 0 Å². The first-order chi connectivity index (χ1) is 3.93. The highest BCUT2D eigenvalue weighted by atomic mass is 127. The summed E-state index contributed by atoms with van der Waals surface area (Å²) in [6.45, 7) is 0. The Morgan fingerprint density at radius 2 is 2.50 bits per heavy atom. The monoisotopic (exact) mass is 222 g/mol. The fourth-order valence-electron chi connectivity index (χ4n) is 0.548. The topological polar surface area (TPSA) is 13.1 Å². The van der Waals surface area contributed by atoms with E-state index in [4.69, 9.17) is 4.42 Å². The molecular formula is C6H7IO. The smallest absolute Gasteiger partial charge is 0.104 e. The van der Waals surface area contributed by atoms with Crippen molar-refractivity contribution in [3.05, 3.63) is 24.2 Å². The average Bonchev–Trinajstić information content (AvgIpc) is 2.19. The molecule has 0 aliphatic heterocycles. The zero-order valence-electron chi connectivity index (χ0n) is 4.43. The Hall–Kier alpha value is 0.01000. The lowest BCUT2D eigenvalue weighted by molar-refractivity contribution is 0.518. The lowest BCUT2D eigenvalue weighted by atomic mass is 10.4. The summed E-state index contributed by atoms with van der Waals surface area (Å²) in [5, 5.41) is 0. The second kappa shape index (κ2) is 3.12. The predicted molar refractivity (Wildman–Crippen MR) is 41.3 cm³/mol. The van der Waals surface area contributed by atoms with E-state index < -0.39 is 0 Å². The van der Waals surface area contributed by atoms with Crippen LogP contribution in [0, 0.1) is 0 Å². The highest BCUT2D eigenvalue weighted by Gasteiger charge is 1.89. The molecule has 0 N–H and O–H groups in total. The average molecular weight is 222 g/mol. The number of furan rings is 1. The van der Waals surface area contributed by atoms with Gasteiger partial charge in [-0.1, -0.05) is 22.6 Å². The molecule has 44 valence electrons. The summed E-state index contributed by atoms with van der Waals surface area (Å²) in [4.78, 5) is 0. The molecule has 0 aromatic carbocycles. The van der Waals surface area contributed by atoms with Crippen molar-refractivity contribution in [1.29, 1.82) is 0 Å². The van der Waals surface area contributed by atoms with Crippen molar-refractivity contribution in [2.45, 2.75) is 6.42 Å². The van der Waals surface area contributed by atoms with Crippen molar-refractivity contribution in [3.8, 4) is 0 Å². The maximum Gasteiger partial charge on any atom is 0.104 e. The van der Waals surface area contributed by atoms with E-state index >= 15 is 0 Å². The predicted octanol–water partition coefficient (Wildman–Crippen LogP) is 2.26. The van der Waals surface area contributed by atoms with Crippen molar-refractivity contribution < 1.29 is 4.42 Å². The first-order valence-electron chi connectivity index (χ1n) is 2.52. The molecule has 0 spiro atoms. The van der Waals surface area contributed by atoms with Crippen molar-refractivity contribution >= 4 is 22.6 Å². The number of hydrogen-bond donors (Lipinski definition) is 0. The van der Waals surface area contributed by atoms with Gasteiger partial charge in [0.1, 0.15) is 5.76 Å². The standard InChI is InChI=1S/C6H7IO/c7-4-3-6-2-1-5-8-6/h1-2,5H,3-4H2. The van der Waals surface area contributed by atoms with E-state index in [0.717, 1.165) is 16.6 Å². The third kappa shape index (κ3) is 1.51. The highest BCUT2D eigenvalue weighted by Crippen LogP contribution is 2.01. The SMILES string of the molecule is ICCc1ccco1. The highest BCUT2D eigenvalue weighted by molar-refractivity contribution is 14.1. The van der Waals surface area contributed by atoms with Gasteiger partial charge in [-0.15, -0.1) is 0 Å². The number of alkyl halides is 1. The number of hydrogen-bond acceptors (Lipinski definition) is 1. The summed E-state index contributed by atoms with van der Waals surface area (Å²) < 4.78 is 6.20. The van der Waals surface area contributed by atoms with Gasteiger partial charge >= 0.3 is 0 Å². The lowest BCUT2D eigenvalue weighted by Crippen LogP contribution is -1.78. The van der Waals surface area contributed by atoms with Gasteiger partial charge in [0, 0.05) is 10.8 Å². The van der Waals surface area contributed by atoms with Crippen molar-refractivity contribution in [3.63, 3.8) is 0 Å². The van der Waals surface area contributed by atoms with E-state index in [9.17, 15) is 0 Å². The van der Waals surface area contributed by atoms with Crippen LogP contribution in [0.2, 0.25) is 0 Å². The van der Waals surface area contributed by atoms with E-state index in [1.54, 1.807) is 6.26 Å². The van der Waals surface area contributed by atoms with E-state index in [1.807, 2.05) is 12.1 Å². The Morgan fingerprint density at radius 3 is 3.00 bits per heavy atom. The van der Waals surface area contributed by atoms with Crippen LogP contribution in [0.3, 0.4) is 0 Å². The Bertz CT molecular complexity index is 134. The minimum absolute atomic E-state index is 1.05. The summed E-state index contributed by atoms with van der Waals surface area (Å²) >= 11 is 2.33. The van der Waals surface area contributed by atoms with Crippen LogP contribution >= 0.6 is 22.6 Å². The number of aryl methyl sites for hydroxylation is 1. The molecule has 0 unspecified atom stereocenters. The quantitative estimate of drug-likeness (QED) is 0.552. The summed E-state index contributed by atoms with van der Waals surface area (Å²) in [7, 11) is 0. The van der Waals surface area contributed by atoms with Crippen molar-refractivity contribution in [2.75, 3.05) is 4.43 Å². The summed E-state index contributed by atoms with van der Waals surface area (Å²) in [5.41, 5.74) is 0. The minimum Gasteiger partial charge on any atom is -0.469 e.